The highest BCUT2D eigenvalue weighted by molar-refractivity contribution is 6.05. The van der Waals surface area contributed by atoms with Crippen LogP contribution in [0.25, 0.3) is 17.2 Å². The van der Waals surface area contributed by atoms with Crippen LogP contribution in [0.2, 0.25) is 0 Å². The molecule has 8 heteroatoms. The molecule has 0 fully saturated rings. The van der Waals surface area contributed by atoms with Crippen molar-refractivity contribution >= 4 is 17.2 Å². The first-order chi connectivity index (χ1) is 13.9. The van der Waals surface area contributed by atoms with Gasteiger partial charge in [0.05, 0.1) is 0 Å². The van der Waals surface area contributed by atoms with E-state index in [1.807, 2.05) is 24.3 Å². The molecular formula is C21H17F3N4O. The number of nitrogens with zero attached hydrogens (tertiary/aromatic N) is 3. The van der Waals surface area contributed by atoms with E-state index in [1.165, 1.54) is 17.7 Å². The summed E-state index contributed by atoms with van der Waals surface area (Å²) >= 11 is 0. The van der Waals surface area contributed by atoms with Gasteiger partial charge in [0.1, 0.15) is 5.75 Å². The van der Waals surface area contributed by atoms with Crippen LogP contribution in [0.5, 0.6) is 5.75 Å². The van der Waals surface area contributed by atoms with Crippen molar-refractivity contribution in [2.75, 3.05) is 0 Å². The van der Waals surface area contributed by atoms with Crippen molar-refractivity contribution in [3.63, 3.8) is 0 Å². The number of halogens is 3. The van der Waals surface area contributed by atoms with Crippen molar-refractivity contribution < 1.29 is 17.9 Å². The second kappa shape index (κ2) is 7.54. The molecule has 4 rings (SSSR count). The fourth-order valence-electron chi connectivity index (χ4n) is 3.51. The molecular weight excluding hydrogens is 381 g/mol. The molecule has 29 heavy (non-hydrogen) atoms. The van der Waals surface area contributed by atoms with Gasteiger partial charge in [0.25, 0.3) is 0 Å². The molecule has 1 aliphatic rings. The van der Waals surface area contributed by atoms with Crippen LogP contribution in [0.3, 0.4) is 0 Å². The zero-order chi connectivity index (χ0) is 20.4. The predicted molar refractivity (Wildman–Crippen MR) is 103 cm³/mol. The van der Waals surface area contributed by atoms with Gasteiger partial charge < -0.3 is 4.74 Å². The monoisotopic (exact) mass is 398 g/mol. The number of allylic oxidation sites excluding steroid dienone is 3. The van der Waals surface area contributed by atoms with Crippen LogP contribution < -0.4 is 4.74 Å². The summed E-state index contributed by atoms with van der Waals surface area (Å²) in [6, 6.07) is 13.9. The molecule has 0 saturated heterocycles. The van der Waals surface area contributed by atoms with Crippen LogP contribution >= 0.6 is 0 Å². The normalized spacial score (nSPS) is 15.1. The van der Waals surface area contributed by atoms with E-state index >= 15 is 0 Å². The molecule has 0 aliphatic heterocycles. The third-order valence-corrected chi connectivity index (χ3v) is 4.81. The van der Waals surface area contributed by atoms with Crippen molar-refractivity contribution in [1.29, 1.82) is 0 Å². The molecule has 0 unspecified atom stereocenters. The number of tetrazole rings is 1. The van der Waals surface area contributed by atoms with E-state index in [2.05, 4.69) is 38.4 Å². The predicted octanol–water partition coefficient (Wildman–Crippen LogP) is 5.06. The van der Waals surface area contributed by atoms with E-state index < -0.39 is 6.36 Å². The molecule has 1 aliphatic carbocycles. The third-order valence-electron chi connectivity index (χ3n) is 4.81. The van der Waals surface area contributed by atoms with Crippen LogP contribution in [-0.2, 0) is 6.42 Å². The Kier molecular flexibility index (Phi) is 4.92. The number of hydrogen-bond acceptors (Lipinski definition) is 4. The molecule has 1 N–H and O–H groups in total. The number of aryl methyl sites for hydroxylation is 1. The first-order valence-corrected chi connectivity index (χ1v) is 9.00. The molecule has 0 saturated carbocycles. The molecule has 148 valence electrons. The highest BCUT2D eigenvalue weighted by Gasteiger charge is 2.31. The lowest BCUT2D eigenvalue weighted by molar-refractivity contribution is -0.274. The van der Waals surface area contributed by atoms with Gasteiger partial charge in [0.15, 0.2) is 5.82 Å². The van der Waals surface area contributed by atoms with E-state index in [-0.39, 0.29) is 5.75 Å². The smallest absolute Gasteiger partial charge is 0.406 e. The summed E-state index contributed by atoms with van der Waals surface area (Å²) in [5, 5.41) is 14.0. The molecule has 1 aromatic heterocycles. The lowest BCUT2D eigenvalue weighted by Gasteiger charge is -2.09. The van der Waals surface area contributed by atoms with Crippen LogP contribution in [0.15, 0.2) is 54.1 Å². The van der Waals surface area contributed by atoms with Gasteiger partial charge in [-0.25, -0.2) is 0 Å². The molecule has 5 nitrogen and oxygen atoms in total. The van der Waals surface area contributed by atoms with Gasteiger partial charge in [-0.15, -0.1) is 23.4 Å². The number of fused-ring (bicyclic) bond motifs is 1. The molecule has 0 amide bonds. The minimum Gasteiger partial charge on any atom is -0.406 e. The number of hydrogen-bond donors (Lipinski definition) is 1. The summed E-state index contributed by atoms with van der Waals surface area (Å²) in [6.45, 7) is 2.05. The zero-order valence-electron chi connectivity index (χ0n) is 15.5. The Bertz CT molecular complexity index is 1070. The topological polar surface area (TPSA) is 63.7 Å². The second-order valence-electron chi connectivity index (χ2n) is 6.65. The van der Waals surface area contributed by atoms with Crippen LogP contribution in [0.1, 0.15) is 35.9 Å². The highest BCUT2D eigenvalue weighted by Crippen LogP contribution is 2.43. The Balaban J connectivity index is 1.63. The summed E-state index contributed by atoms with van der Waals surface area (Å²) in [5.41, 5.74) is 6.43. The fourth-order valence-corrected chi connectivity index (χ4v) is 3.51. The number of rotatable bonds is 5. The Morgan fingerprint density at radius 2 is 1.72 bits per heavy atom. The van der Waals surface area contributed by atoms with E-state index in [9.17, 15) is 13.2 Å². The first-order valence-electron chi connectivity index (χ1n) is 9.00. The van der Waals surface area contributed by atoms with Gasteiger partial charge in [0.2, 0.25) is 0 Å². The van der Waals surface area contributed by atoms with Crippen molar-refractivity contribution in [1.82, 2.24) is 20.6 Å². The zero-order valence-corrected chi connectivity index (χ0v) is 15.5. The van der Waals surface area contributed by atoms with Crippen LogP contribution in [0.4, 0.5) is 13.2 Å². The van der Waals surface area contributed by atoms with Crippen LogP contribution in [0, 0.1) is 0 Å². The number of ether oxygens (including phenoxy) is 1. The maximum Gasteiger partial charge on any atom is 0.573 e. The largest absolute Gasteiger partial charge is 0.573 e. The summed E-state index contributed by atoms with van der Waals surface area (Å²) < 4.78 is 41.0. The summed E-state index contributed by atoms with van der Waals surface area (Å²) in [7, 11) is 0. The van der Waals surface area contributed by atoms with Crippen LogP contribution in [-0.4, -0.2) is 27.0 Å². The molecule has 0 spiro atoms. The van der Waals surface area contributed by atoms with E-state index in [4.69, 9.17) is 0 Å². The third kappa shape index (κ3) is 4.21. The van der Waals surface area contributed by atoms with Crippen molar-refractivity contribution in [3.05, 3.63) is 76.6 Å². The Labute approximate surface area is 164 Å². The Hall–Kier alpha value is -3.42. The Morgan fingerprint density at radius 1 is 1.00 bits per heavy atom. The van der Waals surface area contributed by atoms with E-state index in [0.717, 1.165) is 34.3 Å². The van der Waals surface area contributed by atoms with E-state index in [1.54, 1.807) is 12.1 Å². The minimum absolute atomic E-state index is 0.237. The number of H-pyrrole nitrogens is 1. The second-order valence-corrected chi connectivity index (χ2v) is 6.65. The van der Waals surface area contributed by atoms with Crippen molar-refractivity contribution in [2.24, 2.45) is 0 Å². The summed E-state index contributed by atoms with van der Waals surface area (Å²) in [4.78, 5) is 0. The average molecular weight is 398 g/mol. The number of alkyl halides is 3. The molecule has 1 heterocycles. The lowest BCUT2D eigenvalue weighted by atomic mass is 10.0. The quantitative estimate of drug-likeness (QED) is 0.653. The molecule has 0 bridgehead atoms. The van der Waals surface area contributed by atoms with Gasteiger partial charge in [-0.1, -0.05) is 41.6 Å². The van der Waals surface area contributed by atoms with Gasteiger partial charge in [0, 0.05) is 6.42 Å². The standard InChI is InChI=1S/C21H17F3N4O/c1-13-16(10-11-20-25-27-28-26-20)17-4-2-3-5-18(17)19(13)12-14-6-8-15(9-7-14)29-21(22,23)24/h2-9,12H,10-11H2,1H3,(H,25,26,27,28)/b19-12-. The number of nitrogens with one attached hydrogen (secondary N) is 1. The van der Waals surface area contributed by atoms with Crippen molar-refractivity contribution in [3.8, 4) is 5.75 Å². The van der Waals surface area contributed by atoms with Crippen molar-refractivity contribution in [2.45, 2.75) is 26.1 Å². The molecule has 3 aromatic rings. The number of aromatic nitrogens is 4. The lowest BCUT2D eigenvalue weighted by Crippen LogP contribution is -2.16. The first kappa shape index (κ1) is 18.9. The molecule has 0 atom stereocenters. The maximum absolute atomic E-state index is 12.3. The highest BCUT2D eigenvalue weighted by atomic mass is 19.4. The average Bonchev–Trinajstić information content (AvgIpc) is 3.28. The number of benzene rings is 2. The number of aromatic amines is 1. The maximum atomic E-state index is 12.3. The summed E-state index contributed by atoms with van der Waals surface area (Å²) in [6.07, 6.45) is -1.30. The molecule has 0 radical (unpaired) electrons. The van der Waals surface area contributed by atoms with Gasteiger partial charge in [-0.3, -0.25) is 0 Å². The van der Waals surface area contributed by atoms with E-state index in [0.29, 0.717) is 12.2 Å². The molecule has 2 aromatic carbocycles. The minimum atomic E-state index is -4.70. The SMILES string of the molecule is CC1=C(CCc2nn[nH]n2)c2ccccc2/C1=C\c1ccc(OC(F)(F)F)cc1. The van der Waals surface area contributed by atoms with Gasteiger partial charge in [-0.2, -0.15) is 5.21 Å². The fraction of sp³-hybridized carbons (Fsp3) is 0.190. The van der Waals surface area contributed by atoms with Gasteiger partial charge in [-0.05, 0) is 65.0 Å². The van der Waals surface area contributed by atoms with Gasteiger partial charge >= 0.3 is 6.36 Å². The Morgan fingerprint density at radius 3 is 2.38 bits per heavy atom. The summed E-state index contributed by atoms with van der Waals surface area (Å²) in [5.74, 6) is 0.417.